The largest absolute Gasteiger partial charge is 0.480 e. The van der Waals surface area contributed by atoms with Gasteiger partial charge in [0.1, 0.15) is 5.76 Å². The lowest BCUT2D eigenvalue weighted by Gasteiger charge is -1.88. The summed E-state index contributed by atoms with van der Waals surface area (Å²) in [5.74, 6) is 0.664. The molecule has 0 aliphatic carbocycles. The molecule has 0 fully saturated rings. The fourth-order valence-electron chi connectivity index (χ4n) is 1.05. The Hall–Kier alpha value is -1.97. The van der Waals surface area contributed by atoms with E-state index >= 15 is 0 Å². The molecule has 0 unspecified atom stereocenters. The molecule has 72 valence electrons. The molecule has 0 aliphatic rings. The number of hydrogen-bond donors (Lipinski definition) is 1. The molecule has 2 rings (SSSR count). The summed E-state index contributed by atoms with van der Waals surface area (Å²) >= 11 is 0. The van der Waals surface area contributed by atoms with Crippen LogP contribution in [0.1, 0.15) is 11.3 Å². The molecular formula is C10H9NO3. The van der Waals surface area contributed by atoms with Crippen LogP contribution in [-0.4, -0.2) is 11.3 Å². The first-order chi connectivity index (χ1) is 6.86. The molecular weight excluding hydrogens is 182 g/mol. The van der Waals surface area contributed by atoms with E-state index in [2.05, 4.69) is 4.99 Å². The van der Waals surface area contributed by atoms with E-state index in [1.165, 1.54) is 6.26 Å². The van der Waals surface area contributed by atoms with Gasteiger partial charge in [-0.25, -0.2) is 0 Å². The quantitative estimate of drug-likeness (QED) is 0.756. The van der Waals surface area contributed by atoms with Crippen molar-refractivity contribution in [2.45, 2.75) is 6.54 Å². The molecule has 0 saturated heterocycles. The van der Waals surface area contributed by atoms with Gasteiger partial charge in [-0.3, -0.25) is 4.99 Å². The fourth-order valence-corrected chi connectivity index (χ4v) is 1.05. The van der Waals surface area contributed by atoms with Crippen LogP contribution in [0, 0.1) is 0 Å². The summed E-state index contributed by atoms with van der Waals surface area (Å²) in [6.45, 7) is 0.456. The van der Waals surface area contributed by atoms with Crippen molar-refractivity contribution < 1.29 is 13.9 Å². The standard InChI is InChI=1S/C10H9NO3/c12-10-8(3-5-14-10)6-11-7-9-2-1-4-13-9/h1-6,12H,7H2. The Balaban J connectivity index is 1.99. The Bertz CT molecular complexity index is 414. The van der Waals surface area contributed by atoms with Gasteiger partial charge in [-0.2, -0.15) is 0 Å². The zero-order valence-electron chi connectivity index (χ0n) is 7.38. The number of hydrogen-bond acceptors (Lipinski definition) is 4. The van der Waals surface area contributed by atoms with E-state index in [0.717, 1.165) is 5.76 Å². The summed E-state index contributed by atoms with van der Waals surface area (Å²) in [6, 6.07) is 5.29. The third kappa shape index (κ3) is 1.85. The first-order valence-corrected chi connectivity index (χ1v) is 4.15. The van der Waals surface area contributed by atoms with Crippen molar-refractivity contribution in [2.24, 2.45) is 4.99 Å². The van der Waals surface area contributed by atoms with E-state index in [0.29, 0.717) is 12.1 Å². The van der Waals surface area contributed by atoms with Gasteiger partial charge in [-0.15, -0.1) is 0 Å². The molecule has 0 aliphatic heterocycles. The smallest absolute Gasteiger partial charge is 0.290 e. The van der Waals surface area contributed by atoms with Crippen molar-refractivity contribution in [1.29, 1.82) is 0 Å². The van der Waals surface area contributed by atoms with Gasteiger partial charge >= 0.3 is 0 Å². The first kappa shape index (κ1) is 8.62. The van der Waals surface area contributed by atoms with Gasteiger partial charge in [0.05, 0.1) is 24.6 Å². The molecule has 0 amide bonds. The number of furan rings is 2. The summed E-state index contributed by atoms with van der Waals surface area (Å²) in [4.78, 5) is 4.08. The lowest BCUT2D eigenvalue weighted by molar-refractivity contribution is 0.332. The second kappa shape index (κ2) is 3.83. The van der Waals surface area contributed by atoms with Crippen molar-refractivity contribution >= 4 is 6.21 Å². The highest BCUT2D eigenvalue weighted by molar-refractivity contribution is 5.81. The molecule has 0 atom stereocenters. The average molecular weight is 191 g/mol. The molecule has 2 aromatic heterocycles. The summed E-state index contributed by atoms with van der Waals surface area (Å²) in [5, 5.41) is 9.13. The predicted octanol–water partition coefficient (Wildman–Crippen LogP) is 2.20. The maximum absolute atomic E-state index is 9.13. The van der Waals surface area contributed by atoms with Gasteiger partial charge in [0, 0.05) is 6.21 Å². The van der Waals surface area contributed by atoms with Crippen molar-refractivity contribution in [2.75, 3.05) is 0 Å². The number of rotatable bonds is 3. The Morgan fingerprint density at radius 2 is 2.21 bits per heavy atom. The van der Waals surface area contributed by atoms with Crippen LogP contribution in [0.4, 0.5) is 0 Å². The zero-order valence-corrected chi connectivity index (χ0v) is 7.38. The molecule has 0 saturated carbocycles. The summed E-state index contributed by atoms with van der Waals surface area (Å²) in [6.07, 6.45) is 4.55. The van der Waals surface area contributed by atoms with Gasteiger partial charge in [0.25, 0.3) is 5.95 Å². The van der Waals surface area contributed by atoms with Crippen molar-refractivity contribution in [1.82, 2.24) is 0 Å². The van der Waals surface area contributed by atoms with Crippen molar-refractivity contribution in [3.8, 4) is 5.95 Å². The second-order valence-electron chi connectivity index (χ2n) is 2.73. The van der Waals surface area contributed by atoms with Crippen molar-refractivity contribution in [3.05, 3.63) is 42.0 Å². The zero-order chi connectivity index (χ0) is 9.80. The molecule has 4 heteroatoms. The molecule has 4 nitrogen and oxygen atoms in total. The Morgan fingerprint density at radius 1 is 1.29 bits per heavy atom. The van der Waals surface area contributed by atoms with Crippen LogP contribution in [0.15, 0.2) is 44.6 Å². The first-order valence-electron chi connectivity index (χ1n) is 4.15. The Morgan fingerprint density at radius 3 is 2.86 bits per heavy atom. The number of aromatic hydroxyl groups is 1. The maximum atomic E-state index is 9.13. The third-order valence-corrected chi connectivity index (χ3v) is 1.73. The summed E-state index contributed by atoms with van der Waals surface area (Å²) in [7, 11) is 0. The van der Waals surface area contributed by atoms with E-state index in [1.54, 1.807) is 24.6 Å². The van der Waals surface area contributed by atoms with Gasteiger partial charge in [-0.1, -0.05) is 0 Å². The summed E-state index contributed by atoms with van der Waals surface area (Å²) in [5.41, 5.74) is 0.566. The molecule has 0 spiro atoms. The van der Waals surface area contributed by atoms with Gasteiger partial charge in [0.2, 0.25) is 0 Å². The van der Waals surface area contributed by atoms with Crippen LogP contribution in [0.3, 0.4) is 0 Å². The van der Waals surface area contributed by atoms with Crippen LogP contribution in [0.5, 0.6) is 5.95 Å². The fraction of sp³-hybridized carbons (Fsp3) is 0.100. The van der Waals surface area contributed by atoms with Gasteiger partial charge in [0.15, 0.2) is 0 Å². The van der Waals surface area contributed by atoms with E-state index in [4.69, 9.17) is 13.9 Å². The molecule has 0 bridgehead atoms. The second-order valence-corrected chi connectivity index (χ2v) is 2.73. The van der Waals surface area contributed by atoms with Gasteiger partial charge in [-0.05, 0) is 18.2 Å². The lowest BCUT2D eigenvalue weighted by atomic mass is 10.3. The van der Waals surface area contributed by atoms with Crippen LogP contribution in [-0.2, 0) is 6.54 Å². The molecule has 2 aromatic rings. The normalized spacial score (nSPS) is 11.1. The van der Waals surface area contributed by atoms with E-state index in [9.17, 15) is 0 Å². The Kier molecular flexibility index (Phi) is 2.36. The number of aliphatic imine (C=N–C) groups is 1. The highest BCUT2D eigenvalue weighted by Crippen LogP contribution is 2.14. The average Bonchev–Trinajstić information content (AvgIpc) is 2.78. The summed E-state index contributed by atoms with van der Waals surface area (Å²) < 4.78 is 9.78. The predicted molar refractivity (Wildman–Crippen MR) is 50.4 cm³/mol. The van der Waals surface area contributed by atoms with Crippen LogP contribution in [0.25, 0.3) is 0 Å². The highest BCUT2D eigenvalue weighted by Gasteiger charge is 1.99. The van der Waals surface area contributed by atoms with Crippen molar-refractivity contribution in [3.63, 3.8) is 0 Å². The maximum Gasteiger partial charge on any atom is 0.290 e. The van der Waals surface area contributed by atoms with E-state index in [-0.39, 0.29) is 5.95 Å². The van der Waals surface area contributed by atoms with E-state index in [1.807, 2.05) is 6.07 Å². The lowest BCUT2D eigenvalue weighted by Crippen LogP contribution is -1.80. The molecule has 1 N–H and O–H groups in total. The van der Waals surface area contributed by atoms with Crippen LogP contribution in [0.2, 0.25) is 0 Å². The monoisotopic (exact) mass is 191 g/mol. The minimum absolute atomic E-state index is 0.117. The number of nitrogens with zero attached hydrogens (tertiary/aromatic N) is 1. The molecule has 2 heterocycles. The Labute approximate surface area is 80.5 Å². The SMILES string of the molecule is Oc1occc1C=NCc1ccco1. The third-order valence-electron chi connectivity index (χ3n) is 1.73. The molecule has 0 radical (unpaired) electrons. The van der Waals surface area contributed by atoms with E-state index < -0.39 is 0 Å². The topological polar surface area (TPSA) is 58.9 Å². The van der Waals surface area contributed by atoms with Crippen LogP contribution < -0.4 is 0 Å². The van der Waals surface area contributed by atoms with Crippen LogP contribution >= 0.6 is 0 Å². The molecule has 0 aromatic carbocycles. The minimum Gasteiger partial charge on any atom is -0.480 e. The minimum atomic E-state index is -0.117. The molecule has 14 heavy (non-hydrogen) atoms. The van der Waals surface area contributed by atoms with Gasteiger partial charge < -0.3 is 13.9 Å². The highest BCUT2D eigenvalue weighted by atomic mass is 16.5.